The molecular weight excluding hydrogens is 204 g/mol. The average Bonchev–Trinajstić information content (AvgIpc) is 2.30. The van der Waals surface area contributed by atoms with Crippen LogP contribution in [0, 0.1) is 11.8 Å². The van der Waals surface area contributed by atoms with Gasteiger partial charge in [0.25, 0.3) is 0 Å². The Hall–Kier alpha value is -0.570. The third kappa shape index (κ3) is 3.78. The monoisotopic (exact) mass is 228 g/mol. The second-order valence-electron chi connectivity index (χ2n) is 4.77. The number of rotatable bonds is 5. The van der Waals surface area contributed by atoms with E-state index < -0.39 is 12.1 Å². The summed E-state index contributed by atoms with van der Waals surface area (Å²) < 4.78 is 4.84. The maximum Gasteiger partial charge on any atom is 0.335 e. The lowest BCUT2D eigenvalue weighted by molar-refractivity contribution is -0.157. The second-order valence-corrected chi connectivity index (χ2v) is 4.77. The third-order valence-corrected chi connectivity index (χ3v) is 3.56. The van der Waals surface area contributed by atoms with Crippen molar-refractivity contribution in [2.45, 2.75) is 58.5 Å². The predicted molar refractivity (Wildman–Crippen MR) is 63.0 cm³/mol. The van der Waals surface area contributed by atoms with Gasteiger partial charge in [-0.3, -0.25) is 0 Å². The fraction of sp³-hybridized carbons (Fsp3) is 0.923. The summed E-state index contributed by atoms with van der Waals surface area (Å²) in [5, 5.41) is 9.82. The molecule has 0 aliphatic heterocycles. The molecule has 0 aromatic carbocycles. The first kappa shape index (κ1) is 13.5. The Morgan fingerprint density at radius 3 is 2.44 bits per heavy atom. The molecule has 16 heavy (non-hydrogen) atoms. The summed E-state index contributed by atoms with van der Waals surface area (Å²) in [5.41, 5.74) is 0. The first-order valence-electron chi connectivity index (χ1n) is 6.53. The van der Waals surface area contributed by atoms with Gasteiger partial charge >= 0.3 is 5.97 Å². The minimum absolute atomic E-state index is 0.118. The van der Waals surface area contributed by atoms with E-state index in [2.05, 4.69) is 6.92 Å². The summed E-state index contributed by atoms with van der Waals surface area (Å²) in [6, 6.07) is 0. The van der Waals surface area contributed by atoms with Crippen molar-refractivity contribution >= 4 is 5.97 Å². The van der Waals surface area contributed by atoms with Gasteiger partial charge in [0.2, 0.25) is 0 Å². The van der Waals surface area contributed by atoms with Crippen LogP contribution in [0.1, 0.15) is 52.4 Å². The zero-order valence-corrected chi connectivity index (χ0v) is 10.4. The van der Waals surface area contributed by atoms with E-state index in [-0.39, 0.29) is 5.92 Å². The quantitative estimate of drug-likeness (QED) is 0.735. The van der Waals surface area contributed by atoms with Crippen molar-refractivity contribution in [2.75, 3.05) is 6.61 Å². The maximum absolute atomic E-state index is 11.4. The van der Waals surface area contributed by atoms with E-state index in [1.165, 1.54) is 12.8 Å². The first-order chi connectivity index (χ1) is 7.69. The highest BCUT2D eigenvalue weighted by Crippen LogP contribution is 2.33. The molecular formula is C13H24O3. The Morgan fingerprint density at radius 2 is 1.94 bits per heavy atom. The molecule has 0 heterocycles. The highest BCUT2D eigenvalue weighted by atomic mass is 16.5. The second kappa shape index (κ2) is 6.89. The van der Waals surface area contributed by atoms with Crippen LogP contribution in [0.5, 0.6) is 0 Å². The van der Waals surface area contributed by atoms with E-state index in [1.807, 2.05) is 0 Å². The molecule has 0 amide bonds. The van der Waals surface area contributed by atoms with Crippen molar-refractivity contribution in [3.05, 3.63) is 0 Å². The summed E-state index contributed by atoms with van der Waals surface area (Å²) in [6.45, 7) is 4.32. The molecule has 3 heteroatoms. The van der Waals surface area contributed by atoms with E-state index in [0.717, 1.165) is 31.6 Å². The number of ether oxygens (including phenoxy) is 1. The van der Waals surface area contributed by atoms with Gasteiger partial charge in [0, 0.05) is 0 Å². The molecule has 1 aliphatic carbocycles. The molecule has 0 aromatic rings. The minimum Gasteiger partial charge on any atom is -0.464 e. The lowest BCUT2D eigenvalue weighted by atomic mass is 9.78. The van der Waals surface area contributed by atoms with Gasteiger partial charge in [-0.15, -0.1) is 0 Å². The van der Waals surface area contributed by atoms with Crippen LogP contribution in [-0.2, 0) is 9.53 Å². The van der Waals surface area contributed by atoms with Crippen LogP contribution in [-0.4, -0.2) is 23.8 Å². The van der Waals surface area contributed by atoms with Crippen molar-refractivity contribution < 1.29 is 14.6 Å². The number of carbonyl (C=O) groups is 1. The van der Waals surface area contributed by atoms with Crippen molar-refractivity contribution in [3.8, 4) is 0 Å². The molecule has 1 rings (SSSR count). The van der Waals surface area contributed by atoms with Crippen LogP contribution >= 0.6 is 0 Å². The van der Waals surface area contributed by atoms with Crippen LogP contribution < -0.4 is 0 Å². The largest absolute Gasteiger partial charge is 0.464 e. The summed E-state index contributed by atoms with van der Waals surface area (Å²) in [7, 11) is 0. The lowest BCUT2D eigenvalue weighted by Crippen LogP contribution is -2.33. The van der Waals surface area contributed by atoms with Crippen LogP contribution in [0.15, 0.2) is 0 Å². The van der Waals surface area contributed by atoms with E-state index in [9.17, 15) is 9.90 Å². The summed E-state index contributed by atoms with van der Waals surface area (Å²) >= 11 is 0. The highest BCUT2D eigenvalue weighted by molar-refractivity contribution is 5.74. The first-order valence-corrected chi connectivity index (χ1v) is 6.53. The van der Waals surface area contributed by atoms with Gasteiger partial charge in [-0.1, -0.05) is 32.6 Å². The van der Waals surface area contributed by atoms with E-state index in [1.54, 1.807) is 6.92 Å². The Kier molecular flexibility index (Phi) is 5.81. The Balaban J connectivity index is 2.32. The molecule has 1 aliphatic rings. The SMILES string of the molecule is CCCC1CCC(C(O)C(=O)OCC)CC1. The normalized spacial score (nSPS) is 27.4. The molecule has 0 spiro atoms. The average molecular weight is 228 g/mol. The number of aliphatic hydroxyl groups is 1. The number of hydrogen-bond donors (Lipinski definition) is 1. The van der Waals surface area contributed by atoms with Crippen molar-refractivity contribution in [1.29, 1.82) is 0 Å². The molecule has 1 atom stereocenters. The van der Waals surface area contributed by atoms with Gasteiger partial charge in [0.05, 0.1) is 6.61 Å². The molecule has 1 unspecified atom stereocenters. The van der Waals surface area contributed by atoms with Crippen molar-refractivity contribution in [3.63, 3.8) is 0 Å². The number of aliphatic hydroxyl groups excluding tert-OH is 1. The Bertz CT molecular complexity index is 207. The summed E-state index contributed by atoms with van der Waals surface area (Å²) in [6.07, 6.45) is 5.83. The van der Waals surface area contributed by atoms with Gasteiger partial charge in [-0.2, -0.15) is 0 Å². The molecule has 1 fully saturated rings. The number of carbonyl (C=O) groups excluding carboxylic acids is 1. The molecule has 3 nitrogen and oxygen atoms in total. The molecule has 1 N–H and O–H groups in total. The Morgan fingerprint density at radius 1 is 1.31 bits per heavy atom. The van der Waals surface area contributed by atoms with Crippen LogP contribution in [0.4, 0.5) is 0 Å². The molecule has 1 saturated carbocycles. The van der Waals surface area contributed by atoms with Crippen LogP contribution in [0.3, 0.4) is 0 Å². The highest BCUT2D eigenvalue weighted by Gasteiger charge is 2.30. The standard InChI is InChI=1S/C13H24O3/c1-3-5-10-6-8-11(9-7-10)12(14)13(15)16-4-2/h10-12,14H,3-9H2,1-2H3. The fourth-order valence-corrected chi connectivity index (χ4v) is 2.62. The molecule has 0 radical (unpaired) electrons. The molecule has 0 aromatic heterocycles. The van der Waals surface area contributed by atoms with Crippen molar-refractivity contribution in [1.82, 2.24) is 0 Å². The topological polar surface area (TPSA) is 46.5 Å². The zero-order chi connectivity index (χ0) is 12.0. The fourth-order valence-electron chi connectivity index (χ4n) is 2.62. The third-order valence-electron chi connectivity index (χ3n) is 3.56. The van der Waals surface area contributed by atoms with Gasteiger partial charge in [-0.25, -0.2) is 4.79 Å². The van der Waals surface area contributed by atoms with Crippen LogP contribution in [0.25, 0.3) is 0 Å². The van der Waals surface area contributed by atoms with Crippen molar-refractivity contribution in [2.24, 2.45) is 11.8 Å². The predicted octanol–water partition coefficient (Wildman–Crippen LogP) is 2.52. The molecule has 0 bridgehead atoms. The summed E-state index contributed by atoms with van der Waals surface area (Å²) in [4.78, 5) is 11.4. The number of hydrogen-bond acceptors (Lipinski definition) is 3. The van der Waals surface area contributed by atoms with Gasteiger partial charge in [-0.05, 0) is 31.6 Å². The van der Waals surface area contributed by atoms with E-state index in [4.69, 9.17) is 4.74 Å². The van der Waals surface area contributed by atoms with Gasteiger partial charge in [0.1, 0.15) is 0 Å². The van der Waals surface area contributed by atoms with Gasteiger partial charge < -0.3 is 9.84 Å². The molecule has 94 valence electrons. The van der Waals surface area contributed by atoms with E-state index in [0.29, 0.717) is 6.61 Å². The minimum atomic E-state index is -0.900. The maximum atomic E-state index is 11.4. The zero-order valence-electron chi connectivity index (χ0n) is 10.4. The number of esters is 1. The lowest BCUT2D eigenvalue weighted by Gasteiger charge is -2.30. The smallest absolute Gasteiger partial charge is 0.335 e. The van der Waals surface area contributed by atoms with Gasteiger partial charge in [0.15, 0.2) is 6.10 Å². The molecule has 0 saturated heterocycles. The van der Waals surface area contributed by atoms with Crippen LogP contribution in [0.2, 0.25) is 0 Å². The van der Waals surface area contributed by atoms with E-state index >= 15 is 0 Å². The summed E-state index contributed by atoms with van der Waals surface area (Å²) in [5.74, 6) is 0.476. The Labute approximate surface area is 98.2 Å².